The first-order valence-corrected chi connectivity index (χ1v) is 7.60. The molecule has 0 saturated heterocycles. The van der Waals surface area contributed by atoms with E-state index in [-0.39, 0.29) is 9.99 Å². The molecule has 1 amide bonds. The molecule has 0 fully saturated rings. The van der Waals surface area contributed by atoms with Crippen LogP contribution in [0, 0.1) is 17.5 Å². The van der Waals surface area contributed by atoms with Gasteiger partial charge in [-0.05, 0) is 28.1 Å². The second-order valence-corrected chi connectivity index (χ2v) is 5.81. The van der Waals surface area contributed by atoms with Crippen molar-refractivity contribution in [1.82, 2.24) is 19.3 Å². The van der Waals surface area contributed by atoms with Crippen LogP contribution in [0.5, 0.6) is 0 Å². The van der Waals surface area contributed by atoms with E-state index >= 15 is 0 Å². The maximum atomic E-state index is 13.6. The van der Waals surface area contributed by atoms with E-state index < -0.39 is 41.2 Å². The number of hydrogen-bond acceptors (Lipinski definition) is 4. The fourth-order valence-corrected chi connectivity index (χ4v) is 2.80. The van der Waals surface area contributed by atoms with E-state index in [1.165, 1.54) is 4.68 Å². The van der Waals surface area contributed by atoms with Crippen molar-refractivity contribution >= 4 is 38.6 Å². The summed E-state index contributed by atoms with van der Waals surface area (Å²) >= 11 is 3.13. The zero-order chi connectivity index (χ0) is 18.3. The quantitative estimate of drug-likeness (QED) is 0.662. The Morgan fingerprint density at radius 3 is 2.72 bits per heavy atom. The first-order valence-electron chi connectivity index (χ1n) is 6.80. The summed E-state index contributed by atoms with van der Waals surface area (Å²) in [6.45, 7) is -0.498. The highest BCUT2D eigenvalue weighted by molar-refractivity contribution is 9.10. The number of nitrogens with zero attached hydrogens (tertiary/aromatic N) is 4. The van der Waals surface area contributed by atoms with Gasteiger partial charge in [-0.1, -0.05) is 0 Å². The Labute approximate surface area is 146 Å². The lowest BCUT2D eigenvalue weighted by atomic mass is 10.2. The van der Waals surface area contributed by atoms with Gasteiger partial charge in [-0.15, -0.1) is 0 Å². The molecule has 0 atom stereocenters. The van der Waals surface area contributed by atoms with Crippen LogP contribution >= 0.6 is 15.9 Å². The number of aromatic nitrogens is 4. The lowest BCUT2D eigenvalue weighted by Gasteiger charge is -2.08. The van der Waals surface area contributed by atoms with Gasteiger partial charge in [0.15, 0.2) is 23.1 Å². The summed E-state index contributed by atoms with van der Waals surface area (Å²) in [7, 11) is 1.60. The highest BCUT2D eigenvalue weighted by Gasteiger charge is 2.17. The summed E-state index contributed by atoms with van der Waals surface area (Å²) in [5.41, 5.74) is -0.750. The Hall–Kier alpha value is -2.69. The van der Waals surface area contributed by atoms with Gasteiger partial charge in [0.05, 0.1) is 5.69 Å². The van der Waals surface area contributed by atoms with Crippen LogP contribution in [0.2, 0.25) is 0 Å². The molecule has 1 aromatic carbocycles. The molecule has 3 rings (SSSR count). The molecule has 2 heterocycles. The maximum absolute atomic E-state index is 13.6. The Kier molecular flexibility index (Phi) is 4.33. The Bertz CT molecular complexity index is 1060. The van der Waals surface area contributed by atoms with Crippen molar-refractivity contribution in [3.63, 3.8) is 0 Å². The van der Waals surface area contributed by atoms with Gasteiger partial charge in [-0.2, -0.15) is 5.10 Å². The normalized spacial score (nSPS) is 11.1. The lowest BCUT2D eigenvalue weighted by molar-refractivity contribution is -0.116. The van der Waals surface area contributed by atoms with Gasteiger partial charge >= 0.3 is 0 Å². The van der Waals surface area contributed by atoms with E-state index in [2.05, 4.69) is 31.3 Å². The molecule has 11 heteroatoms. The van der Waals surface area contributed by atoms with Crippen LogP contribution in [0.1, 0.15) is 0 Å². The van der Waals surface area contributed by atoms with Crippen molar-refractivity contribution in [2.75, 3.05) is 5.32 Å². The van der Waals surface area contributed by atoms with Crippen molar-refractivity contribution in [1.29, 1.82) is 0 Å². The number of rotatable bonds is 3. The molecule has 7 nitrogen and oxygen atoms in total. The number of nitrogens with one attached hydrogen (secondary N) is 1. The SMILES string of the molecule is Cn1nc(Br)c2c(=O)n(CC(=O)Nc3ccc(F)c(F)c3F)cnc21. The zero-order valence-corrected chi connectivity index (χ0v) is 14.1. The van der Waals surface area contributed by atoms with Crippen LogP contribution in [0.25, 0.3) is 11.0 Å². The molecule has 1 N–H and O–H groups in total. The van der Waals surface area contributed by atoms with Gasteiger partial charge in [0.25, 0.3) is 5.56 Å². The molecule has 0 aliphatic heterocycles. The van der Waals surface area contributed by atoms with E-state index in [9.17, 15) is 22.8 Å². The Morgan fingerprint density at radius 2 is 2.00 bits per heavy atom. The van der Waals surface area contributed by atoms with Crippen LogP contribution in [0.15, 0.2) is 27.9 Å². The number of anilines is 1. The number of amides is 1. The number of aryl methyl sites for hydroxylation is 1. The summed E-state index contributed by atoms with van der Waals surface area (Å²) < 4.78 is 42.3. The highest BCUT2D eigenvalue weighted by Crippen LogP contribution is 2.20. The van der Waals surface area contributed by atoms with Gasteiger partial charge in [0, 0.05) is 7.05 Å². The van der Waals surface area contributed by atoms with Crippen LogP contribution in [-0.4, -0.2) is 25.2 Å². The predicted molar refractivity (Wildman–Crippen MR) is 85.4 cm³/mol. The average molecular weight is 416 g/mol. The van der Waals surface area contributed by atoms with E-state index in [1.807, 2.05) is 0 Å². The Morgan fingerprint density at radius 1 is 1.28 bits per heavy atom. The van der Waals surface area contributed by atoms with Gasteiger partial charge in [-0.25, -0.2) is 22.8 Å². The van der Waals surface area contributed by atoms with Crippen molar-refractivity contribution in [2.24, 2.45) is 7.05 Å². The minimum absolute atomic E-state index is 0.178. The second-order valence-electron chi connectivity index (χ2n) is 5.06. The van der Waals surface area contributed by atoms with Crippen molar-refractivity contribution in [3.8, 4) is 0 Å². The summed E-state index contributed by atoms with van der Waals surface area (Å²) in [5, 5.41) is 6.26. The molecule has 0 unspecified atom stereocenters. The standard InChI is InChI=1S/C14H9BrF3N5O2/c1-22-13-9(12(15)21-22)14(25)23(5-19-13)4-8(24)20-7-3-2-6(16)10(17)11(7)18/h2-3,5H,4H2,1H3,(H,20,24). The molecule has 0 saturated carbocycles. The molecule has 130 valence electrons. The number of benzene rings is 1. The van der Waals surface area contributed by atoms with Gasteiger partial charge in [0.1, 0.15) is 22.9 Å². The van der Waals surface area contributed by atoms with Crippen molar-refractivity contribution < 1.29 is 18.0 Å². The minimum atomic E-state index is -1.70. The van der Waals surface area contributed by atoms with Gasteiger partial charge in [-0.3, -0.25) is 14.2 Å². The summed E-state index contributed by atoms with van der Waals surface area (Å²) in [6.07, 6.45) is 1.14. The molecule has 0 aliphatic rings. The molecule has 0 spiro atoms. The minimum Gasteiger partial charge on any atom is -0.322 e. The molecule has 2 aromatic heterocycles. The number of halogens is 4. The van der Waals surface area contributed by atoms with E-state index in [4.69, 9.17) is 0 Å². The van der Waals surface area contributed by atoms with Crippen molar-refractivity contribution in [3.05, 3.63) is 50.9 Å². The third-order valence-electron chi connectivity index (χ3n) is 3.39. The van der Waals surface area contributed by atoms with Gasteiger partial charge in [0.2, 0.25) is 5.91 Å². The average Bonchev–Trinajstić information content (AvgIpc) is 2.85. The topological polar surface area (TPSA) is 81.8 Å². The maximum Gasteiger partial charge on any atom is 0.266 e. The second kappa shape index (κ2) is 6.31. The smallest absolute Gasteiger partial charge is 0.266 e. The molecule has 3 aromatic rings. The molecular formula is C14H9BrF3N5O2. The van der Waals surface area contributed by atoms with E-state index in [1.54, 1.807) is 7.05 Å². The molecular weight excluding hydrogens is 407 g/mol. The number of hydrogen-bond donors (Lipinski definition) is 1. The van der Waals surface area contributed by atoms with Crippen LogP contribution in [-0.2, 0) is 18.4 Å². The van der Waals surface area contributed by atoms with E-state index in [0.717, 1.165) is 17.0 Å². The van der Waals surface area contributed by atoms with Gasteiger partial charge < -0.3 is 5.32 Å². The fourth-order valence-electron chi connectivity index (χ4n) is 2.22. The summed E-state index contributed by atoms with van der Waals surface area (Å²) in [4.78, 5) is 28.4. The van der Waals surface area contributed by atoms with Crippen LogP contribution in [0.4, 0.5) is 18.9 Å². The number of fused-ring (bicyclic) bond motifs is 1. The summed E-state index contributed by atoms with van der Waals surface area (Å²) in [6, 6.07) is 1.56. The number of carbonyl (C=O) groups excluding carboxylic acids is 1. The molecule has 25 heavy (non-hydrogen) atoms. The first-order chi connectivity index (χ1) is 11.8. The van der Waals surface area contributed by atoms with Crippen molar-refractivity contribution in [2.45, 2.75) is 6.54 Å². The zero-order valence-electron chi connectivity index (χ0n) is 12.6. The van der Waals surface area contributed by atoms with E-state index in [0.29, 0.717) is 11.7 Å². The Balaban J connectivity index is 1.88. The highest BCUT2D eigenvalue weighted by atomic mass is 79.9. The summed E-state index contributed by atoms with van der Waals surface area (Å²) in [5.74, 6) is -5.41. The third-order valence-corrected chi connectivity index (χ3v) is 3.95. The number of carbonyl (C=O) groups is 1. The molecule has 0 radical (unpaired) electrons. The first kappa shape index (κ1) is 17.1. The van der Waals surface area contributed by atoms with Crippen LogP contribution in [0.3, 0.4) is 0 Å². The lowest BCUT2D eigenvalue weighted by Crippen LogP contribution is -2.28. The third kappa shape index (κ3) is 3.02. The fraction of sp³-hybridized carbons (Fsp3) is 0.143. The molecule has 0 aliphatic carbocycles. The largest absolute Gasteiger partial charge is 0.322 e. The predicted octanol–water partition coefficient (Wildman–Crippen LogP) is 1.95. The monoisotopic (exact) mass is 415 g/mol. The van der Waals surface area contributed by atoms with Crippen LogP contribution < -0.4 is 10.9 Å². The molecule has 0 bridgehead atoms.